The summed E-state index contributed by atoms with van der Waals surface area (Å²) in [6, 6.07) is 10.5. The maximum absolute atomic E-state index is 9.08. The molecule has 4 nitrogen and oxygen atoms in total. The largest absolute Gasteiger partial charge is 0.487 e. The van der Waals surface area contributed by atoms with E-state index in [0.717, 1.165) is 17.0 Å². The van der Waals surface area contributed by atoms with E-state index in [1.54, 1.807) is 0 Å². The first kappa shape index (κ1) is 14.1. The average Bonchev–Trinajstić information content (AvgIpc) is 3.18. The van der Waals surface area contributed by atoms with Gasteiger partial charge in [0.1, 0.15) is 12.4 Å². The van der Waals surface area contributed by atoms with Gasteiger partial charge < -0.3 is 9.84 Å². The van der Waals surface area contributed by atoms with Gasteiger partial charge in [0.05, 0.1) is 11.7 Å². The van der Waals surface area contributed by atoms with Crippen molar-refractivity contribution >= 4 is 0 Å². The van der Waals surface area contributed by atoms with Gasteiger partial charge in [-0.3, -0.25) is 4.68 Å². The first-order chi connectivity index (χ1) is 10.4. The minimum atomic E-state index is 0.136. The van der Waals surface area contributed by atoms with E-state index in [-0.39, 0.29) is 6.61 Å². The molecule has 0 bridgehead atoms. The van der Waals surface area contributed by atoms with E-state index in [2.05, 4.69) is 16.0 Å². The maximum Gasteiger partial charge on any atom is 0.132 e. The van der Waals surface area contributed by atoms with Crippen LogP contribution in [-0.4, -0.2) is 21.5 Å². The number of benzene rings is 1. The first-order valence-corrected chi connectivity index (χ1v) is 7.72. The second-order valence-corrected chi connectivity index (χ2v) is 5.60. The number of aromatic nitrogens is 2. The molecule has 0 unspecified atom stereocenters. The lowest BCUT2D eigenvalue weighted by Crippen LogP contribution is -2.07. The maximum atomic E-state index is 9.08. The molecule has 1 heterocycles. The lowest BCUT2D eigenvalue weighted by Gasteiger charge is -2.10. The van der Waals surface area contributed by atoms with Gasteiger partial charge in [-0.1, -0.05) is 31.0 Å². The molecule has 4 heteroatoms. The molecule has 2 aromatic rings. The Labute approximate surface area is 125 Å². The van der Waals surface area contributed by atoms with Crippen molar-refractivity contribution in [3.05, 3.63) is 47.8 Å². The zero-order valence-corrected chi connectivity index (χ0v) is 12.2. The molecular weight excluding hydrogens is 264 g/mol. The van der Waals surface area contributed by atoms with Gasteiger partial charge in [0.2, 0.25) is 0 Å². The quantitative estimate of drug-likeness (QED) is 0.887. The SMILES string of the molecule is OCCc1ccccc1OCc1ccn(C2CCCC2)n1. The van der Waals surface area contributed by atoms with E-state index < -0.39 is 0 Å². The fourth-order valence-corrected chi connectivity index (χ4v) is 2.95. The predicted molar refractivity (Wildman–Crippen MR) is 81.3 cm³/mol. The van der Waals surface area contributed by atoms with E-state index >= 15 is 0 Å². The summed E-state index contributed by atoms with van der Waals surface area (Å²) in [5.41, 5.74) is 2.00. The minimum absolute atomic E-state index is 0.136. The highest BCUT2D eigenvalue weighted by Gasteiger charge is 2.17. The Bertz CT molecular complexity index is 574. The normalized spacial score (nSPS) is 15.5. The number of para-hydroxylation sites is 1. The van der Waals surface area contributed by atoms with Crippen molar-refractivity contribution in [1.82, 2.24) is 9.78 Å². The smallest absolute Gasteiger partial charge is 0.132 e. The number of nitrogens with zero attached hydrogens (tertiary/aromatic N) is 2. The Balaban J connectivity index is 1.62. The Morgan fingerprint density at radius 2 is 2.00 bits per heavy atom. The number of hydrogen-bond acceptors (Lipinski definition) is 3. The number of aliphatic hydroxyl groups excluding tert-OH is 1. The van der Waals surface area contributed by atoms with Crippen LogP contribution in [0.25, 0.3) is 0 Å². The summed E-state index contributed by atoms with van der Waals surface area (Å²) >= 11 is 0. The van der Waals surface area contributed by atoms with E-state index in [1.807, 2.05) is 30.3 Å². The molecule has 1 aromatic carbocycles. The summed E-state index contributed by atoms with van der Waals surface area (Å²) in [6.07, 6.45) is 7.78. The number of hydrogen-bond donors (Lipinski definition) is 1. The fraction of sp³-hybridized carbons (Fsp3) is 0.471. The summed E-state index contributed by atoms with van der Waals surface area (Å²) in [7, 11) is 0. The fourth-order valence-electron chi connectivity index (χ4n) is 2.95. The van der Waals surface area contributed by atoms with E-state index in [4.69, 9.17) is 9.84 Å². The van der Waals surface area contributed by atoms with Crippen LogP contribution in [0.1, 0.15) is 43.0 Å². The van der Waals surface area contributed by atoms with Crippen LogP contribution in [0.4, 0.5) is 0 Å². The highest BCUT2D eigenvalue weighted by molar-refractivity contribution is 5.33. The van der Waals surface area contributed by atoms with Crippen molar-refractivity contribution in [2.45, 2.75) is 44.8 Å². The Morgan fingerprint density at radius 1 is 1.19 bits per heavy atom. The monoisotopic (exact) mass is 286 g/mol. The van der Waals surface area contributed by atoms with Gasteiger partial charge in [-0.2, -0.15) is 5.10 Å². The average molecular weight is 286 g/mol. The second-order valence-electron chi connectivity index (χ2n) is 5.60. The molecule has 1 aliphatic rings. The van der Waals surface area contributed by atoms with Crippen molar-refractivity contribution in [1.29, 1.82) is 0 Å². The predicted octanol–water partition coefficient (Wildman–Crippen LogP) is 3.11. The lowest BCUT2D eigenvalue weighted by atomic mass is 10.1. The van der Waals surface area contributed by atoms with Crippen LogP contribution < -0.4 is 4.74 Å². The standard InChI is InChI=1S/C17H22N2O2/c20-12-10-14-5-1-4-8-17(14)21-13-15-9-11-19(18-15)16-6-2-3-7-16/h1,4-5,8-9,11,16,20H,2-3,6-7,10,12-13H2. The molecule has 0 atom stereocenters. The summed E-state index contributed by atoms with van der Waals surface area (Å²) in [4.78, 5) is 0. The van der Waals surface area contributed by atoms with Crippen molar-refractivity contribution in [2.24, 2.45) is 0 Å². The zero-order chi connectivity index (χ0) is 14.5. The zero-order valence-electron chi connectivity index (χ0n) is 12.2. The van der Waals surface area contributed by atoms with Crippen LogP contribution >= 0.6 is 0 Å². The van der Waals surface area contributed by atoms with Gasteiger partial charge >= 0.3 is 0 Å². The molecule has 0 amide bonds. The minimum Gasteiger partial charge on any atom is -0.487 e. The molecule has 1 fully saturated rings. The third-order valence-corrected chi connectivity index (χ3v) is 4.09. The van der Waals surface area contributed by atoms with Gasteiger partial charge in [-0.15, -0.1) is 0 Å². The van der Waals surface area contributed by atoms with Crippen LogP contribution in [-0.2, 0) is 13.0 Å². The van der Waals surface area contributed by atoms with Crippen LogP contribution in [0.3, 0.4) is 0 Å². The Kier molecular flexibility index (Phi) is 4.55. The molecule has 21 heavy (non-hydrogen) atoms. The summed E-state index contributed by atoms with van der Waals surface area (Å²) < 4.78 is 7.95. The Morgan fingerprint density at radius 3 is 2.81 bits per heavy atom. The molecule has 0 aliphatic heterocycles. The summed E-state index contributed by atoms with van der Waals surface area (Å²) in [5, 5.41) is 13.7. The van der Waals surface area contributed by atoms with E-state index in [0.29, 0.717) is 19.1 Å². The molecule has 0 spiro atoms. The van der Waals surface area contributed by atoms with Crippen molar-refractivity contribution < 1.29 is 9.84 Å². The van der Waals surface area contributed by atoms with Gasteiger partial charge in [0, 0.05) is 12.8 Å². The van der Waals surface area contributed by atoms with Gasteiger partial charge in [0.15, 0.2) is 0 Å². The molecule has 1 aromatic heterocycles. The van der Waals surface area contributed by atoms with E-state index in [9.17, 15) is 0 Å². The van der Waals surface area contributed by atoms with Crippen molar-refractivity contribution in [3.63, 3.8) is 0 Å². The highest BCUT2D eigenvalue weighted by atomic mass is 16.5. The molecule has 0 saturated heterocycles. The Hall–Kier alpha value is -1.81. The topological polar surface area (TPSA) is 47.3 Å². The third kappa shape index (κ3) is 3.45. The van der Waals surface area contributed by atoms with Crippen LogP contribution in [0, 0.1) is 0 Å². The van der Waals surface area contributed by atoms with Gasteiger partial charge in [-0.25, -0.2) is 0 Å². The molecular formula is C17H22N2O2. The molecule has 0 radical (unpaired) electrons. The van der Waals surface area contributed by atoms with Crippen molar-refractivity contribution in [2.75, 3.05) is 6.61 Å². The third-order valence-electron chi connectivity index (χ3n) is 4.09. The van der Waals surface area contributed by atoms with Crippen LogP contribution in [0.5, 0.6) is 5.75 Å². The first-order valence-electron chi connectivity index (χ1n) is 7.72. The number of rotatable bonds is 6. The molecule has 3 rings (SSSR count). The van der Waals surface area contributed by atoms with Crippen LogP contribution in [0.2, 0.25) is 0 Å². The van der Waals surface area contributed by atoms with Gasteiger partial charge in [-0.05, 0) is 37.0 Å². The van der Waals surface area contributed by atoms with E-state index in [1.165, 1.54) is 25.7 Å². The molecule has 1 saturated carbocycles. The lowest BCUT2D eigenvalue weighted by molar-refractivity contribution is 0.280. The molecule has 112 valence electrons. The number of aliphatic hydroxyl groups is 1. The number of ether oxygens (including phenoxy) is 1. The van der Waals surface area contributed by atoms with Crippen molar-refractivity contribution in [3.8, 4) is 5.75 Å². The van der Waals surface area contributed by atoms with Gasteiger partial charge in [0.25, 0.3) is 0 Å². The summed E-state index contributed by atoms with van der Waals surface area (Å²) in [5.74, 6) is 0.835. The molecule has 1 N–H and O–H groups in total. The second kappa shape index (κ2) is 6.76. The van der Waals surface area contributed by atoms with Crippen LogP contribution in [0.15, 0.2) is 36.5 Å². The molecule has 1 aliphatic carbocycles. The summed E-state index contributed by atoms with van der Waals surface area (Å²) in [6.45, 7) is 0.610. The highest BCUT2D eigenvalue weighted by Crippen LogP contribution is 2.28.